The summed E-state index contributed by atoms with van der Waals surface area (Å²) in [5.74, 6) is 1.51. The van der Waals surface area contributed by atoms with Crippen molar-refractivity contribution in [3.63, 3.8) is 0 Å². The number of benzene rings is 1. The zero-order chi connectivity index (χ0) is 24.5. The van der Waals surface area contributed by atoms with Crippen molar-refractivity contribution in [2.75, 3.05) is 17.7 Å². The molecule has 7 nitrogen and oxygen atoms in total. The van der Waals surface area contributed by atoms with Gasteiger partial charge in [0.2, 0.25) is 0 Å². The lowest BCUT2D eigenvalue weighted by Crippen LogP contribution is -2.21. The highest BCUT2D eigenvalue weighted by Gasteiger charge is 2.24. The molecule has 0 bridgehead atoms. The summed E-state index contributed by atoms with van der Waals surface area (Å²) in [6.45, 7) is 10.4. The summed E-state index contributed by atoms with van der Waals surface area (Å²) >= 11 is 0. The molecule has 5 N–H and O–H groups in total. The molecule has 2 aliphatic carbocycles. The van der Waals surface area contributed by atoms with E-state index < -0.39 is 0 Å². The number of nitrogens with two attached hydrogens (primary N) is 1. The molecule has 34 heavy (non-hydrogen) atoms. The number of hydroxylamine groups is 1. The number of aliphatic hydroxyl groups is 1. The highest BCUT2D eigenvalue weighted by atomic mass is 16.5. The van der Waals surface area contributed by atoms with Gasteiger partial charge in [0.15, 0.2) is 11.4 Å². The van der Waals surface area contributed by atoms with Crippen LogP contribution in [0.25, 0.3) is 0 Å². The summed E-state index contributed by atoms with van der Waals surface area (Å²) in [5.41, 5.74) is 9.06. The molecule has 3 rings (SSSR count). The molecule has 2 fully saturated rings. The standard InChI is InChI=1S/C27H39N4O3/c1-4-6-8-23(7-5-2)31(33)19(3)30-26-15-21(17-29-22-11-13-24(32)14-12-22)25(28)16-27(26)34-18-20-9-10-20/h4,6,8,15-17,20,22,24,30,32-33H,1,3,5,7,9-14,18,28H2,2H3/q+1/b8-6-,29-17?,31-23+. The zero-order valence-corrected chi connectivity index (χ0v) is 20.2. The molecule has 0 atom stereocenters. The Morgan fingerprint density at radius 2 is 2.00 bits per heavy atom. The Morgan fingerprint density at radius 1 is 1.26 bits per heavy atom. The highest BCUT2D eigenvalue weighted by Crippen LogP contribution is 2.34. The van der Waals surface area contributed by atoms with Crippen LogP contribution in [0, 0.1) is 5.92 Å². The number of anilines is 2. The van der Waals surface area contributed by atoms with E-state index in [9.17, 15) is 10.3 Å². The van der Waals surface area contributed by atoms with E-state index >= 15 is 0 Å². The number of nitrogen functional groups attached to an aromatic ring is 1. The summed E-state index contributed by atoms with van der Waals surface area (Å²) in [7, 11) is 0. The molecule has 7 heteroatoms. The number of nitrogens with zero attached hydrogens (tertiary/aromatic N) is 2. The van der Waals surface area contributed by atoms with Gasteiger partial charge in [-0.15, -0.1) is 0 Å². The van der Waals surface area contributed by atoms with Gasteiger partial charge in [-0.05, 0) is 74.3 Å². The Kier molecular flexibility index (Phi) is 9.33. The summed E-state index contributed by atoms with van der Waals surface area (Å²) in [6.07, 6.45) is 14.1. The molecular formula is C27H39N4O3+. The second-order valence-corrected chi connectivity index (χ2v) is 9.19. The maximum atomic E-state index is 10.8. The summed E-state index contributed by atoms with van der Waals surface area (Å²) in [4.78, 5) is 4.71. The number of rotatable bonds is 12. The summed E-state index contributed by atoms with van der Waals surface area (Å²) in [5, 5.41) is 23.7. The molecule has 0 aliphatic heterocycles. The van der Waals surface area contributed by atoms with E-state index in [-0.39, 0.29) is 12.1 Å². The molecule has 0 unspecified atom stereocenters. The average Bonchev–Trinajstić information content (AvgIpc) is 3.66. The molecule has 0 radical (unpaired) electrons. The second kappa shape index (κ2) is 12.4. The number of allylic oxidation sites excluding steroid dienone is 3. The van der Waals surface area contributed by atoms with Gasteiger partial charge in [0, 0.05) is 30.0 Å². The van der Waals surface area contributed by atoms with Crippen LogP contribution in [0.4, 0.5) is 11.4 Å². The van der Waals surface area contributed by atoms with Crippen molar-refractivity contribution < 1.29 is 19.8 Å². The number of aliphatic hydroxyl groups excluding tert-OH is 1. The van der Waals surface area contributed by atoms with Crippen molar-refractivity contribution in [2.24, 2.45) is 10.9 Å². The second-order valence-electron chi connectivity index (χ2n) is 9.19. The van der Waals surface area contributed by atoms with E-state index in [0.29, 0.717) is 47.6 Å². The normalized spacial score (nSPS) is 21.5. The maximum absolute atomic E-state index is 10.8. The first-order valence-corrected chi connectivity index (χ1v) is 12.3. The van der Waals surface area contributed by atoms with Gasteiger partial charge in [-0.25, -0.2) is 5.32 Å². The highest BCUT2D eigenvalue weighted by molar-refractivity contribution is 5.91. The Balaban J connectivity index is 1.84. The van der Waals surface area contributed by atoms with Crippen LogP contribution in [-0.2, 0) is 0 Å². The number of hydrogen-bond acceptors (Lipinski definition) is 6. The molecule has 2 saturated carbocycles. The lowest BCUT2D eigenvalue weighted by atomic mass is 9.93. The van der Waals surface area contributed by atoms with Crippen molar-refractivity contribution in [1.82, 2.24) is 0 Å². The van der Waals surface area contributed by atoms with E-state index in [1.54, 1.807) is 24.4 Å². The van der Waals surface area contributed by atoms with Crippen molar-refractivity contribution in [3.05, 3.63) is 54.9 Å². The molecule has 1 aromatic rings. The van der Waals surface area contributed by atoms with Crippen LogP contribution in [-0.4, -0.2) is 45.7 Å². The lowest BCUT2D eigenvalue weighted by Gasteiger charge is -2.22. The molecule has 0 amide bonds. The average molecular weight is 468 g/mol. The molecule has 1 aromatic carbocycles. The third-order valence-electron chi connectivity index (χ3n) is 6.18. The summed E-state index contributed by atoms with van der Waals surface area (Å²) in [6, 6.07) is 3.88. The van der Waals surface area contributed by atoms with Crippen molar-refractivity contribution in [3.8, 4) is 5.75 Å². The van der Waals surface area contributed by atoms with Gasteiger partial charge >= 0.3 is 5.82 Å². The molecule has 184 valence electrons. The third-order valence-corrected chi connectivity index (χ3v) is 6.18. The SMILES string of the molecule is C=C/C=C\C(CCC)=[N+](\O)C(=C)Nc1cc(C=NC2CCC(O)CC2)c(N)cc1OCC1CC1. The Bertz CT molecular complexity index is 955. The molecule has 0 saturated heterocycles. The minimum atomic E-state index is -0.210. The van der Waals surface area contributed by atoms with Gasteiger partial charge in [0.05, 0.1) is 18.8 Å². The number of hydrogen-bond donors (Lipinski definition) is 4. The first-order chi connectivity index (χ1) is 16.4. The topological polar surface area (TPSA) is 103 Å². The monoisotopic (exact) mass is 467 g/mol. The molecular weight excluding hydrogens is 428 g/mol. The predicted molar refractivity (Wildman–Crippen MR) is 139 cm³/mol. The minimum absolute atomic E-state index is 0.191. The van der Waals surface area contributed by atoms with Crippen LogP contribution in [0.15, 0.2) is 54.3 Å². The van der Waals surface area contributed by atoms with Gasteiger partial charge in [0.25, 0.3) is 0 Å². The van der Waals surface area contributed by atoms with Crippen LogP contribution >= 0.6 is 0 Å². The van der Waals surface area contributed by atoms with Crippen LogP contribution in [0.3, 0.4) is 0 Å². The Hall–Kier alpha value is -3.06. The van der Waals surface area contributed by atoms with E-state index in [0.717, 1.165) is 42.4 Å². The molecule has 0 aromatic heterocycles. The first kappa shape index (κ1) is 25.6. The number of nitrogens with one attached hydrogen (secondary N) is 1. The molecule has 0 heterocycles. The smallest absolute Gasteiger partial charge is 0.312 e. The van der Waals surface area contributed by atoms with E-state index in [1.165, 1.54) is 12.8 Å². The van der Waals surface area contributed by atoms with Gasteiger partial charge in [-0.2, -0.15) is 0 Å². The largest absolute Gasteiger partial charge is 0.489 e. The fourth-order valence-electron chi connectivity index (χ4n) is 3.90. The van der Waals surface area contributed by atoms with Gasteiger partial charge < -0.3 is 20.8 Å². The maximum Gasteiger partial charge on any atom is 0.312 e. The lowest BCUT2D eigenvalue weighted by molar-refractivity contribution is -0.737. The van der Waals surface area contributed by atoms with Gasteiger partial charge in [0.1, 0.15) is 5.71 Å². The van der Waals surface area contributed by atoms with Crippen molar-refractivity contribution >= 4 is 23.3 Å². The van der Waals surface area contributed by atoms with Crippen molar-refractivity contribution in [1.29, 1.82) is 0 Å². The van der Waals surface area contributed by atoms with Crippen LogP contribution < -0.4 is 15.8 Å². The molecule has 2 aliphatic rings. The number of aliphatic imine (C=N–C) groups is 1. The molecule has 0 spiro atoms. The summed E-state index contributed by atoms with van der Waals surface area (Å²) < 4.78 is 7.13. The zero-order valence-electron chi connectivity index (χ0n) is 20.2. The first-order valence-electron chi connectivity index (χ1n) is 12.3. The fourth-order valence-corrected chi connectivity index (χ4v) is 3.90. The van der Waals surface area contributed by atoms with Crippen LogP contribution in [0.1, 0.15) is 63.9 Å². The predicted octanol–water partition coefficient (Wildman–Crippen LogP) is 5.05. The van der Waals surface area contributed by atoms with Gasteiger partial charge in [-0.3, -0.25) is 4.99 Å². The quantitative estimate of drug-likeness (QED) is 0.0860. The van der Waals surface area contributed by atoms with Crippen LogP contribution in [0.5, 0.6) is 5.75 Å². The third kappa shape index (κ3) is 7.48. The van der Waals surface area contributed by atoms with Gasteiger partial charge in [-0.1, -0.05) is 25.7 Å². The number of ether oxygens (including phenoxy) is 1. The minimum Gasteiger partial charge on any atom is -0.489 e. The van der Waals surface area contributed by atoms with E-state index in [1.807, 2.05) is 19.1 Å². The fraction of sp³-hybridized carbons (Fsp3) is 0.481. The Labute approximate surface area is 203 Å². The van der Waals surface area contributed by atoms with Crippen molar-refractivity contribution in [2.45, 2.75) is 70.4 Å². The van der Waals surface area contributed by atoms with E-state index in [2.05, 4.69) is 18.5 Å². The van der Waals surface area contributed by atoms with Crippen LogP contribution in [0.2, 0.25) is 0 Å². The Morgan fingerprint density at radius 3 is 2.65 bits per heavy atom. The van der Waals surface area contributed by atoms with E-state index in [4.69, 9.17) is 15.5 Å².